The Labute approximate surface area is 158 Å². The molecule has 3 aromatic rings. The molecule has 0 spiro atoms. The Morgan fingerprint density at radius 1 is 1.04 bits per heavy atom. The monoisotopic (exact) mass is 365 g/mol. The van der Waals surface area contributed by atoms with Gasteiger partial charge in [-0.25, -0.2) is 0 Å². The first-order valence-corrected chi connectivity index (χ1v) is 8.67. The number of rotatable bonds is 6. The summed E-state index contributed by atoms with van der Waals surface area (Å²) < 4.78 is 10.8. The van der Waals surface area contributed by atoms with Crippen molar-refractivity contribution in [2.45, 2.75) is 20.8 Å². The Kier molecular flexibility index (Phi) is 5.45. The van der Waals surface area contributed by atoms with Crippen molar-refractivity contribution in [3.63, 3.8) is 0 Å². The summed E-state index contributed by atoms with van der Waals surface area (Å²) in [5.41, 5.74) is 4.95. The lowest BCUT2D eigenvalue weighted by atomic mass is 10.1. The molecule has 0 aliphatic carbocycles. The van der Waals surface area contributed by atoms with Crippen LogP contribution in [-0.2, 0) is 4.79 Å². The van der Waals surface area contributed by atoms with Crippen molar-refractivity contribution < 1.29 is 14.3 Å². The van der Waals surface area contributed by atoms with Crippen molar-refractivity contribution >= 4 is 11.7 Å². The van der Waals surface area contributed by atoms with E-state index in [1.54, 1.807) is 7.11 Å². The third kappa shape index (κ3) is 4.28. The van der Waals surface area contributed by atoms with E-state index in [0.29, 0.717) is 11.6 Å². The number of carbonyl (C=O) groups is 1. The second-order valence-electron chi connectivity index (χ2n) is 6.38. The molecule has 1 amide bonds. The molecule has 1 aromatic heterocycles. The highest BCUT2D eigenvalue weighted by molar-refractivity contribution is 5.95. The van der Waals surface area contributed by atoms with Gasteiger partial charge in [0.2, 0.25) is 0 Å². The summed E-state index contributed by atoms with van der Waals surface area (Å²) in [5.74, 6) is 1.65. The van der Waals surface area contributed by atoms with Gasteiger partial charge in [0.25, 0.3) is 5.91 Å². The van der Waals surface area contributed by atoms with Crippen molar-refractivity contribution in [1.29, 1.82) is 0 Å². The average molecular weight is 365 g/mol. The molecule has 140 valence electrons. The summed E-state index contributed by atoms with van der Waals surface area (Å²) in [5, 5.41) is 9.95. The van der Waals surface area contributed by atoms with Gasteiger partial charge in [0.15, 0.2) is 12.4 Å². The lowest BCUT2D eigenvalue weighted by Gasteiger charge is -2.09. The second kappa shape index (κ2) is 7.95. The number of nitrogens with one attached hydrogen (secondary N) is 2. The first kappa shape index (κ1) is 18.5. The molecule has 2 N–H and O–H groups in total. The maximum absolute atomic E-state index is 12.3. The van der Waals surface area contributed by atoms with Gasteiger partial charge in [-0.2, -0.15) is 5.10 Å². The van der Waals surface area contributed by atoms with Crippen LogP contribution in [0.4, 0.5) is 5.82 Å². The van der Waals surface area contributed by atoms with Crippen molar-refractivity contribution in [2.75, 3.05) is 19.0 Å². The van der Waals surface area contributed by atoms with Crippen LogP contribution in [0.3, 0.4) is 0 Å². The second-order valence-corrected chi connectivity index (χ2v) is 6.38. The van der Waals surface area contributed by atoms with Gasteiger partial charge in [-0.15, -0.1) is 0 Å². The van der Waals surface area contributed by atoms with Crippen molar-refractivity contribution in [2.24, 2.45) is 0 Å². The minimum absolute atomic E-state index is 0.0868. The quantitative estimate of drug-likeness (QED) is 0.691. The number of H-pyrrole nitrogens is 1. The molecule has 6 heteroatoms. The molecule has 0 unspecified atom stereocenters. The fraction of sp³-hybridized carbons (Fsp3) is 0.238. The van der Waals surface area contributed by atoms with Crippen LogP contribution in [0.5, 0.6) is 11.5 Å². The Hall–Kier alpha value is -3.28. The third-order valence-corrected chi connectivity index (χ3v) is 4.43. The molecule has 0 aliphatic rings. The van der Waals surface area contributed by atoms with Crippen LogP contribution in [0.1, 0.15) is 16.8 Å². The van der Waals surface area contributed by atoms with Gasteiger partial charge in [-0.1, -0.05) is 18.2 Å². The number of aryl methyl sites for hydroxylation is 3. The predicted molar refractivity (Wildman–Crippen MR) is 105 cm³/mol. The van der Waals surface area contributed by atoms with E-state index in [1.807, 2.05) is 63.2 Å². The molecule has 0 saturated heterocycles. The van der Waals surface area contributed by atoms with Gasteiger partial charge in [0, 0.05) is 11.3 Å². The predicted octanol–water partition coefficient (Wildman–Crippen LogP) is 4.03. The minimum Gasteiger partial charge on any atom is -0.497 e. The zero-order chi connectivity index (χ0) is 19.4. The molecule has 0 radical (unpaired) electrons. The number of anilines is 1. The van der Waals surface area contributed by atoms with Crippen molar-refractivity contribution in [3.05, 3.63) is 59.3 Å². The highest BCUT2D eigenvalue weighted by Gasteiger charge is 2.15. The number of aromatic nitrogens is 2. The lowest BCUT2D eigenvalue weighted by Crippen LogP contribution is -2.20. The summed E-state index contributed by atoms with van der Waals surface area (Å²) in [6.45, 7) is 5.87. The number of amides is 1. The SMILES string of the molecule is COc1ccc(-c2c(NC(=O)COc3ccc(C)c(C)c3)n[nH]c2C)cc1. The highest BCUT2D eigenvalue weighted by atomic mass is 16.5. The number of aromatic amines is 1. The first-order chi connectivity index (χ1) is 13.0. The van der Waals surface area contributed by atoms with Crippen molar-refractivity contribution in [1.82, 2.24) is 10.2 Å². The van der Waals surface area contributed by atoms with Crippen LogP contribution in [0, 0.1) is 20.8 Å². The van der Waals surface area contributed by atoms with Crippen molar-refractivity contribution in [3.8, 4) is 22.6 Å². The Morgan fingerprint density at radius 2 is 1.74 bits per heavy atom. The molecule has 0 saturated carbocycles. The van der Waals surface area contributed by atoms with E-state index in [2.05, 4.69) is 15.5 Å². The zero-order valence-electron chi connectivity index (χ0n) is 15.9. The van der Waals surface area contributed by atoms with Gasteiger partial charge < -0.3 is 14.8 Å². The van der Waals surface area contributed by atoms with Gasteiger partial charge in [-0.05, 0) is 61.7 Å². The van der Waals surface area contributed by atoms with E-state index in [9.17, 15) is 4.79 Å². The lowest BCUT2D eigenvalue weighted by molar-refractivity contribution is -0.118. The average Bonchev–Trinajstić information content (AvgIpc) is 3.03. The molecular weight excluding hydrogens is 342 g/mol. The summed E-state index contributed by atoms with van der Waals surface area (Å²) in [4.78, 5) is 12.3. The van der Waals surface area contributed by atoms with Crippen LogP contribution in [-0.4, -0.2) is 29.8 Å². The fourth-order valence-electron chi connectivity index (χ4n) is 2.75. The van der Waals surface area contributed by atoms with Crippen LogP contribution < -0.4 is 14.8 Å². The maximum atomic E-state index is 12.3. The number of benzene rings is 2. The molecule has 0 aliphatic heterocycles. The summed E-state index contributed by atoms with van der Waals surface area (Å²) >= 11 is 0. The van der Waals surface area contributed by atoms with Gasteiger partial charge in [0.05, 0.1) is 7.11 Å². The van der Waals surface area contributed by atoms with E-state index in [1.165, 1.54) is 5.56 Å². The molecule has 6 nitrogen and oxygen atoms in total. The fourth-order valence-corrected chi connectivity index (χ4v) is 2.75. The largest absolute Gasteiger partial charge is 0.497 e. The van der Waals surface area contributed by atoms with E-state index < -0.39 is 0 Å². The van der Waals surface area contributed by atoms with Gasteiger partial charge in [-0.3, -0.25) is 9.89 Å². The minimum atomic E-state index is -0.269. The number of ether oxygens (including phenoxy) is 2. The van der Waals surface area contributed by atoms with E-state index in [4.69, 9.17) is 9.47 Å². The molecular formula is C21H23N3O3. The molecule has 27 heavy (non-hydrogen) atoms. The third-order valence-electron chi connectivity index (χ3n) is 4.43. The molecule has 0 bridgehead atoms. The topological polar surface area (TPSA) is 76.2 Å². The van der Waals surface area contributed by atoms with E-state index >= 15 is 0 Å². The Bertz CT molecular complexity index is 946. The smallest absolute Gasteiger partial charge is 0.263 e. The Morgan fingerprint density at radius 3 is 2.41 bits per heavy atom. The number of nitrogens with zero attached hydrogens (tertiary/aromatic N) is 1. The van der Waals surface area contributed by atoms with Crippen LogP contribution >= 0.6 is 0 Å². The molecule has 1 heterocycles. The Balaban J connectivity index is 1.70. The van der Waals surface area contributed by atoms with Crippen LogP contribution in [0.2, 0.25) is 0 Å². The molecule has 0 fully saturated rings. The van der Waals surface area contributed by atoms with Gasteiger partial charge in [0.1, 0.15) is 11.5 Å². The first-order valence-electron chi connectivity index (χ1n) is 8.67. The molecule has 2 aromatic carbocycles. The summed E-state index contributed by atoms with van der Waals surface area (Å²) in [6, 6.07) is 13.4. The zero-order valence-corrected chi connectivity index (χ0v) is 15.9. The number of hydrogen-bond donors (Lipinski definition) is 2. The number of methoxy groups -OCH3 is 1. The number of hydrogen-bond acceptors (Lipinski definition) is 4. The summed E-state index contributed by atoms with van der Waals surface area (Å²) in [6.07, 6.45) is 0. The molecule has 3 rings (SSSR count). The standard InChI is InChI=1S/C21H23N3O3/c1-13-5-8-18(11-14(13)2)27-12-19(25)22-21-20(15(3)23-24-21)16-6-9-17(26-4)10-7-16/h5-11H,12H2,1-4H3,(H2,22,23,24,25). The summed E-state index contributed by atoms with van der Waals surface area (Å²) in [7, 11) is 1.62. The normalized spacial score (nSPS) is 10.5. The van der Waals surface area contributed by atoms with E-state index in [-0.39, 0.29) is 12.5 Å². The number of carbonyl (C=O) groups excluding carboxylic acids is 1. The van der Waals surface area contributed by atoms with Crippen LogP contribution in [0.25, 0.3) is 11.1 Å². The van der Waals surface area contributed by atoms with Crippen LogP contribution in [0.15, 0.2) is 42.5 Å². The molecule has 0 atom stereocenters. The maximum Gasteiger partial charge on any atom is 0.263 e. The van der Waals surface area contributed by atoms with E-state index in [0.717, 1.165) is 28.1 Å². The van der Waals surface area contributed by atoms with Gasteiger partial charge >= 0.3 is 0 Å². The highest BCUT2D eigenvalue weighted by Crippen LogP contribution is 2.30.